The molecule has 1 aromatic rings. The van der Waals surface area contributed by atoms with Gasteiger partial charge in [-0.3, -0.25) is 4.79 Å². The van der Waals surface area contributed by atoms with Crippen molar-refractivity contribution >= 4 is 18.3 Å². The second-order valence-corrected chi connectivity index (χ2v) is 8.65. The summed E-state index contributed by atoms with van der Waals surface area (Å²) in [5, 5.41) is 0. The van der Waals surface area contributed by atoms with Gasteiger partial charge in [0.2, 0.25) is 5.91 Å². The van der Waals surface area contributed by atoms with Gasteiger partial charge in [0.05, 0.1) is 0 Å². The minimum Gasteiger partial charge on any atom is -0.342 e. The zero-order valence-electron chi connectivity index (χ0n) is 15.8. The lowest BCUT2D eigenvalue weighted by molar-refractivity contribution is -0.134. The van der Waals surface area contributed by atoms with Crippen molar-refractivity contribution in [3.05, 3.63) is 35.4 Å². The molecule has 136 valence electrons. The lowest BCUT2D eigenvalue weighted by atomic mass is 9.79. The second-order valence-electron chi connectivity index (χ2n) is 8.65. The quantitative estimate of drug-likeness (QED) is 0.896. The number of rotatable bonds is 3. The molecule has 4 heteroatoms. The Morgan fingerprint density at radius 1 is 1.25 bits per heavy atom. The molecule has 3 nitrogen and oxygen atoms in total. The molecule has 2 N–H and O–H groups in total. The topological polar surface area (TPSA) is 46.3 Å². The predicted molar refractivity (Wildman–Crippen MR) is 104 cm³/mol. The van der Waals surface area contributed by atoms with Crippen molar-refractivity contribution in [2.45, 2.75) is 65.3 Å². The molecule has 1 heterocycles. The maximum atomic E-state index is 12.5. The average molecular weight is 353 g/mol. The van der Waals surface area contributed by atoms with Gasteiger partial charge in [0, 0.05) is 25.6 Å². The lowest BCUT2D eigenvalue weighted by Gasteiger charge is -2.42. The molecule has 1 aliphatic rings. The number of benzene rings is 1. The summed E-state index contributed by atoms with van der Waals surface area (Å²) in [6.45, 7) is 12.5. The molecular formula is C20H33ClN2O. The van der Waals surface area contributed by atoms with Gasteiger partial charge in [0.15, 0.2) is 0 Å². The minimum atomic E-state index is 0. The molecule has 1 saturated heterocycles. The zero-order chi connectivity index (χ0) is 17.3. The van der Waals surface area contributed by atoms with Crippen molar-refractivity contribution < 1.29 is 4.79 Å². The smallest absolute Gasteiger partial charge is 0.222 e. The Morgan fingerprint density at radius 2 is 1.83 bits per heavy atom. The van der Waals surface area contributed by atoms with Crippen LogP contribution in [0.3, 0.4) is 0 Å². The molecule has 0 aliphatic carbocycles. The van der Waals surface area contributed by atoms with Crippen LogP contribution < -0.4 is 5.73 Å². The third-order valence-electron chi connectivity index (χ3n) is 5.11. The first-order valence-electron chi connectivity index (χ1n) is 8.72. The van der Waals surface area contributed by atoms with Crippen LogP contribution in [0, 0.1) is 5.41 Å². The van der Waals surface area contributed by atoms with Crippen LogP contribution in [0.2, 0.25) is 0 Å². The van der Waals surface area contributed by atoms with E-state index in [0.29, 0.717) is 6.42 Å². The van der Waals surface area contributed by atoms with Gasteiger partial charge in [-0.1, -0.05) is 58.9 Å². The Labute approximate surface area is 153 Å². The van der Waals surface area contributed by atoms with E-state index in [9.17, 15) is 4.79 Å². The fourth-order valence-electron chi connectivity index (χ4n) is 3.17. The molecule has 0 aromatic heterocycles. The molecule has 1 unspecified atom stereocenters. The third kappa shape index (κ3) is 5.22. The number of carbonyl (C=O) groups is 1. The van der Waals surface area contributed by atoms with Crippen molar-refractivity contribution in [3.63, 3.8) is 0 Å². The molecule has 24 heavy (non-hydrogen) atoms. The Balaban J connectivity index is 0.00000288. The van der Waals surface area contributed by atoms with Crippen LogP contribution >= 0.6 is 12.4 Å². The number of aryl methyl sites for hydroxylation is 1. The fourth-order valence-corrected chi connectivity index (χ4v) is 3.17. The van der Waals surface area contributed by atoms with Gasteiger partial charge in [0.25, 0.3) is 0 Å². The number of piperidine rings is 1. The van der Waals surface area contributed by atoms with Crippen molar-refractivity contribution in [2.75, 3.05) is 13.1 Å². The summed E-state index contributed by atoms with van der Waals surface area (Å²) < 4.78 is 0. The molecule has 1 amide bonds. The molecule has 1 atom stereocenters. The SMILES string of the molecule is CC(C)(C)c1ccc(CCC(=O)N2CCC(N)C(C)(C)C2)cc1.Cl. The molecule has 0 saturated carbocycles. The van der Waals surface area contributed by atoms with Crippen molar-refractivity contribution in [3.8, 4) is 0 Å². The normalized spacial score (nSPS) is 20.4. The monoisotopic (exact) mass is 352 g/mol. The molecule has 1 fully saturated rings. The summed E-state index contributed by atoms with van der Waals surface area (Å²) in [5.74, 6) is 0.255. The Bertz CT molecular complexity index is 546. The van der Waals surface area contributed by atoms with E-state index in [2.05, 4.69) is 58.9 Å². The van der Waals surface area contributed by atoms with Crippen LogP contribution in [-0.4, -0.2) is 29.9 Å². The second kappa shape index (κ2) is 7.88. The molecule has 1 aromatic carbocycles. The number of amides is 1. The number of hydrogen-bond donors (Lipinski definition) is 1. The molecule has 2 rings (SSSR count). The van der Waals surface area contributed by atoms with E-state index in [1.807, 2.05) is 4.90 Å². The standard InChI is InChI=1S/C20H32N2O.ClH/c1-19(2,3)16-9-6-15(7-10-16)8-11-18(23)22-13-12-17(21)20(4,5)14-22;/h6-7,9-10,17H,8,11-14,21H2,1-5H3;1H. The van der Waals surface area contributed by atoms with Gasteiger partial charge in [-0.2, -0.15) is 0 Å². The maximum absolute atomic E-state index is 12.5. The number of carbonyl (C=O) groups excluding carboxylic acids is 1. The highest BCUT2D eigenvalue weighted by Gasteiger charge is 2.34. The summed E-state index contributed by atoms with van der Waals surface area (Å²) >= 11 is 0. The molecule has 0 spiro atoms. The third-order valence-corrected chi connectivity index (χ3v) is 5.11. The Morgan fingerprint density at radius 3 is 2.33 bits per heavy atom. The molecule has 1 aliphatic heterocycles. The van der Waals surface area contributed by atoms with Crippen LogP contribution in [0.25, 0.3) is 0 Å². The van der Waals surface area contributed by atoms with Gasteiger partial charge in [-0.05, 0) is 34.8 Å². The first-order chi connectivity index (χ1) is 10.6. The van der Waals surface area contributed by atoms with E-state index < -0.39 is 0 Å². The van der Waals surface area contributed by atoms with Crippen LogP contribution in [-0.2, 0) is 16.6 Å². The van der Waals surface area contributed by atoms with Crippen LogP contribution in [0.5, 0.6) is 0 Å². The highest BCUT2D eigenvalue weighted by atomic mass is 35.5. The molecule has 0 radical (unpaired) electrons. The van der Waals surface area contributed by atoms with E-state index in [0.717, 1.165) is 25.9 Å². The van der Waals surface area contributed by atoms with Crippen LogP contribution in [0.4, 0.5) is 0 Å². The van der Waals surface area contributed by atoms with E-state index in [1.54, 1.807) is 0 Å². The minimum absolute atomic E-state index is 0. The summed E-state index contributed by atoms with van der Waals surface area (Å²) in [6.07, 6.45) is 2.30. The fraction of sp³-hybridized carbons (Fsp3) is 0.650. The number of halogens is 1. The number of likely N-dealkylation sites (tertiary alicyclic amines) is 1. The van der Waals surface area contributed by atoms with Gasteiger partial charge >= 0.3 is 0 Å². The summed E-state index contributed by atoms with van der Waals surface area (Å²) in [5.41, 5.74) is 8.91. The van der Waals surface area contributed by atoms with Gasteiger partial charge in [0.1, 0.15) is 0 Å². The van der Waals surface area contributed by atoms with Crippen LogP contribution in [0.1, 0.15) is 58.6 Å². The predicted octanol–water partition coefficient (Wildman–Crippen LogP) is 3.92. The summed E-state index contributed by atoms with van der Waals surface area (Å²) in [7, 11) is 0. The summed E-state index contributed by atoms with van der Waals surface area (Å²) in [6, 6.07) is 8.87. The first kappa shape index (κ1) is 21.0. The average Bonchev–Trinajstić information content (AvgIpc) is 2.47. The van der Waals surface area contributed by atoms with E-state index >= 15 is 0 Å². The van der Waals surface area contributed by atoms with Gasteiger partial charge in [-0.25, -0.2) is 0 Å². The van der Waals surface area contributed by atoms with Crippen molar-refractivity contribution in [1.82, 2.24) is 4.90 Å². The molecular weight excluding hydrogens is 320 g/mol. The summed E-state index contributed by atoms with van der Waals surface area (Å²) in [4.78, 5) is 14.5. The highest BCUT2D eigenvalue weighted by Crippen LogP contribution is 2.28. The Kier molecular flexibility index (Phi) is 6.89. The van der Waals surface area contributed by atoms with E-state index in [4.69, 9.17) is 5.73 Å². The maximum Gasteiger partial charge on any atom is 0.222 e. The van der Waals surface area contributed by atoms with E-state index in [-0.39, 0.29) is 35.2 Å². The zero-order valence-corrected chi connectivity index (χ0v) is 16.6. The molecule has 0 bridgehead atoms. The van der Waals surface area contributed by atoms with Gasteiger partial charge < -0.3 is 10.6 Å². The number of hydrogen-bond acceptors (Lipinski definition) is 2. The largest absolute Gasteiger partial charge is 0.342 e. The Hall–Kier alpha value is -1.06. The van der Waals surface area contributed by atoms with Crippen molar-refractivity contribution in [1.29, 1.82) is 0 Å². The van der Waals surface area contributed by atoms with E-state index in [1.165, 1.54) is 11.1 Å². The number of nitrogens with two attached hydrogens (primary N) is 1. The number of nitrogens with zero attached hydrogens (tertiary/aromatic N) is 1. The highest BCUT2D eigenvalue weighted by molar-refractivity contribution is 5.85. The lowest BCUT2D eigenvalue weighted by Crippen LogP contribution is -2.54. The van der Waals surface area contributed by atoms with Crippen molar-refractivity contribution in [2.24, 2.45) is 11.1 Å². The first-order valence-corrected chi connectivity index (χ1v) is 8.72. The van der Waals surface area contributed by atoms with Gasteiger partial charge in [-0.15, -0.1) is 12.4 Å². The van der Waals surface area contributed by atoms with Crippen LogP contribution in [0.15, 0.2) is 24.3 Å².